The van der Waals surface area contributed by atoms with Crippen LogP contribution < -0.4 is 5.32 Å². The SMILES string of the molecule is O=C(NCc1ccsc1)N1C[C@@H]2CCC[C@@]2(C(=O)O)C1. The minimum Gasteiger partial charge on any atom is -0.481 e. The number of carbonyl (C=O) groups excluding carboxylic acids is 1. The quantitative estimate of drug-likeness (QED) is 0.897. The van der Waals surface area contributed by atoms with Gasteiger partial charge in [-0.25, -0.2) is 4.79 Å². The van der Waals surface area contributed by atoms with Crippen molar-refractivity contribution in [2.75, 3.05) is 13.1 Å². The molecule has 1 aromatic rings. The number of carbonyl (C=O) groups is 2. The van der Waals surface area contributed by atoms with Crippen molar-refractivity contribution >= 4 is 23.3 Å². The van der Waals surface area contributed by atoms with Gasteiger partial charge in [-0.05, 0) is 41.1 Å². The summed E-state index contributed by atoms with van der Waals surface area (Å²) >= 11 is 1.60. The van der Waals surface area contributed by atoms with Gasteiger partial charge in [-0.3, -0.25) is 4.79 Å². The van der Waals surface area contributed by atoms with Gasteiger partial charge in [0.2, 0.25) is 0 Å². The van der Waals surface area contributed by atoms with Crippen molar-refractivity contribution in [1.29, 1.82) is 0 Å². The summed E-state index contributed by atoms with van der Waals surface area (Å²) in [4.78, 5) is 25.4. The summed E-state index contributed by atoms with van der Waals surface area (Å²) in [7, 11) is 0. The number of thiophene rings is 1. The van der Waals surface area contributed by atoms with Crippen molar-refractivity contribution < 1.29 is 14.7 Å². The average molecular weight is 294 g/mol. The van der Waals surface area contributed by atoms with E-state index in [2.05, 4.69) is 5.32 Å². The van der Waals surface area contributed by atoms with E-state index in [4.69, 9.17) is 0 Å². The molecule has 1 aliphatic carbocycles. The van der Waals surface area contributed by atoms with E-state index < -0.39 is 11.4 Å². The van der Waals surface area contributed by atoms with Crippen LogP contribution in [0.1, 0.15) is 24.8 Å². The molecule has 0 aromatic carbocycles. The predicted octanol–water partition coefficient (Wildman–Crippen LogP) is 2.14. The van der Waals surface area contributed by atoms with Gasteiger partial charge in [0.25, 0.3) is 0 Å². The number of rotatable bonds is 3. The van der Waals surface area contributed by atoms with E-state index >= 15 is 0 Å². The molecule has 3 rings (SSSR count). The third kappa shape index (κ3) is 2.18. The molecule has 5 nitrogen and oxygen atoms in total. The highest BCUT2D eigenvalue weighted by atomic mass is 32.1. The molecule has 0 radical (unpaired) electrons. The maximum atomic E-state index is 12.2. The third-order valence-electron chi connectivity index (χ3n) is 4.61. The Labute approximate surface area is 121 Å². The molecule has 20 heavy (non-hydrogen) atoms. The molecule has 1 aliphatic heterocycles. The number of carboxylic acid groups (broad SMARTS) is 1. The summed E-state index contributed by atoms with van der Waals surface area (Å²) in [6.45, 7) is 1.42. The number of nitrogens with zero attached hydrogens (tertiary/aromatic N) is 1. The van der Waals surface area contributed by atoms with Gasteiger partial charge in [-0.2, -0.15) is 11.3 Å². The lowest BCUT2D eigenvalue weighted by Crippen LogP contribution is -2.41. The van der Waals surface area contributed by atoms with Gasteiger partial charge in [-0.15, -0.1) is 0 Å². The zero-order chi connectivity index (χ0) is 14.2. The van der Waals surface area contributed by atoms with Crippen molar-refractivity contribution in [3.05, 3.63) is 22.4 Å². The van der Waals surface area contributed by atoms with Crippen LogP contribution in [0, 0.1) is 11.3 Å². The monoisotopic (exact) mass is 294 g/mol. The third-order valence-corrected chi connectivity index (χ3v) is 5.34. The molecule has 1 aromatic heterocycles. The van der Waals surface area contributed by atoms with Crippen molar-refractivity contribution in [2.24, 2.45) is 11.3 Å². The van der Waals surface area contributed by atoms with E-state index in [9.17, 15) is 14.7 Å². The first-order valence-corrected chi connectivity index (χ1v) is 7.83. The molecule has 0 unspecified atom stereocenters. The van der Waals surface area contributed by atoms with Crippen LogP contribution in [0.5, 0.6) is 0 Å². The molecule has 2 amide bonds. The fourth-order valence-electron chi connectivity index (χ4n) is 3.48. The Morgan fingerprint density at radius 2 is 2.40 bits per heavy atom. The Morgan fingerprint density at radius 3 is 3.05 bits per heavy atom. The number of hydrogen-bond acceptors (Lipinski definition) is 3. The highest BCUT2D eigenvalue weighted by Gasteiger charge is 2.55. The second kappa shape index (κ2) is 5.09. The standard InChI is InChI=1S/C14H18N2O3S/c17-12(18)14-4-1-2-11(14)7-16(9-14)13(19)15-6-10-3-5-20-8-10/h3,5,8,11H,1-2,4,6-7,9H2,(H,15,19)(H,17,18)/t11-,14+/m0/s1. The number of likely N-dealkylation sites (tertiary alicyclic amines) is 1. The molecule has 1 saturated heterocycles. The fourth-order valence-corrected chi connectivity index (χ4v) is 4.14. The second-order valence-electron chi connectivity index (χ2n) is 5.72. The Balaban J connectivity index is 1.62. The van der Waals surface area contributed by atoms with Gasteiger partial charge in [0.1, 0.15) is 0 Å². The van der Waals surface area contributed by atoms with Crippen LogP contribution >= 0.6 is 11.3 Å². The molecule has 2 N–H and O–H groups in total. The van der Waals surface area contributed by atoms with Gasteiger partial charge in [0, 0.05) is 19.6 Å². The molecule has 2 atom stereocenters. The maximum absolute atomic E-state index is 12.2. The van der Waals surface area contributed by atoms with Crippen LogP contribution in [0.2, 0.25) is 0 Å². The Hall–Kier alpha value is -1.56. The van der Waals surface area contributed by atoms with Crippen LogP contribution in [0.4, 0.5) is 4.79 Å². The van der Waals surface area contributed by atoms with Crippen LogP contribution in [0.3, 0.4) is 0 Å². The smallest absolute Gasteiger partial charge is 0.317 e. The lowest BCUT2D eigenvalue weighted by molar-refractivity contribution is -0.149. The summed E-state index contributed by atoms with van der Waals surface area (Å²) in [6, 6.07) is 1.83. The molecule has 2 aliphatic rings. The summed E-state index contributed by atoms with van der Waals surface area (Å²) < 4.78 is 0. The van der Waals surface area contributed by atoms with E-state index in [0.717, 1.165) is 18.4 Å². The molecule has 2 fully saturated rings. The molecular formula is C14H18N2O3S. The minimum absolute atomic E-state index is 0.117. The number of carboxylic acids is 1. The van der Waals surface area contributed by atoms with E-state index in [1.807, 2.05) is 16.8 Å². The first-order valence-electron chi connectivity index (χ1n) is 6.89. The first-order chi connectivity index (χ1) is 9.62. The summed E-state index contributed by atoms with van der Waals surface area (Å²) in [5, 5.41) is 16.3. The van der Waals surface area contributed by atoms with E-state index in [1.54, 1.807) is 16.2 Å². The molecule has 0 spiro atoms. The zero-order valence-electron chi connectivity index (χ0n) is 11.2. The first kappa shape index (κ1) is 13.4. The number of aliphatic carboxylic acids is 1. The van der Waals surface area contributed by atoms with Crippen molar-refractivity contribution in [3.63, 3.8) is 0 Å². The lowest BCUT2D eigenvalue weighted by Gasteiger charge is -2.23. The highest BCUT2D eigenvalue weighted by molar-refractivity contribution is 7.07. The van der Waals surface area contributed by atoms with E-state index in [1.165, 1.54) is 0 Å². The average Bonchev–Trinajstić information content (AvgIpc) is 3.10. The van der Waals surface area contributed by atoms with E-state index in [0.29, 0.717) is 26.1 Å². The van der Waals surface area contributed by atoms with Crippen LogP contribution in [0.25, 0.3) is 0 Å². The van der Waals surface area contributed by atoms with E-state index in [-0.39, 0.29) is 11.9 Å². The molecule has 0 bridgehead atoms. The number of nitrogens with one attached hydrogen (secondary N) is 1. The number of fused-ring (bicyclic) bond motifs is 1. The molecule has 108 valence electrons. The summed E-state index contributed by atoms with van der Waals surface area (Å²) in [5.74, 6) is -0.625. The topological polar surface area (TPSA) is 69.6 Å². The van der Waals surface area contributed by atoms with Crippen LogP contribution in [-0.2, 0) is 11.3 Å². The molecular weight excluding hydrogens is 276 g/mol. The molecule has 1 saturated carbocycles. The van der Waals surface area contributed by atoms with Crippen molar-refractivity contribution in [1.82, 2.24) is 10.2 Å². The number of urea groups is 1. The summed E-state index contributed by atoms with van der Waals surface area (Å²) in [5.41, 5.74) is 0.385. The van der Waals surface area contributed by atoms with Crippen LogP contribution in [0.15, 0.2) is 16.8 Å². The fraction of sp³-hybridized carbons (Fsp3) is 0.571. The predicted molar refractivity (Wildman–Crippen MR) is 75.5 cm³/mol. The Kier molecular flexibility index (Phi) is 3.41. The van der Waals surface area contributed by atoms with Crippen LogP contribution in [-0.4, -0.2) is 35.1 Å². The van der Waals surface area contributed by atoms with Crippen molar-refractivity contribution in [2.45, 2.75) is 25.8 Å². The molecule has 2 heterocycles. The van der Waals surface area contributed by atoms with Crippen molar-refractivity contribution in [3.8, 4) is 0 Å². The summed E-state index contributed by atoms with van der Waals surface area (Å²) in [6.07, 6.45) is 2.57. The lowest BCUT2D eigenvalue weighted by atomic mass is 9.81. The second-order valence-corrected chi connectivity index (χ2v) is 6.50. The largest absolute Gasteiger partial charge is 0.481 e. The molecule has 6 heteroatoms. The maximum Gasteiger partial charge on any atom is 0.317 e. The highest BCUT2D eigenvalue weighted by Crippen LogP contribution is 2.48. The van der Waals surface area contributed by atoms with Gasteiger partial charge < -0.3 is 15.3 Å². The normalized spacial score (nSPS) is 28.4. The number of hydrogen-bond donors (Lipinski definition) is 2. The zero-order valence-corrected chi connectivity index (χ0v) is 12.0. The number of amides is 2. The van der Waals surface area contributed by atoms with Gasteiger partial charge in [0.05, 0.1) is 5.41 Å². The Bertz CT molecular complexity index is 516. The van der Waals surface area contributed by atoms with Gasteiger partial charge >= 0.3 is 12.0 Å². The Morgan fingerprint density at radius 1 is 1.55 bits per heavy atom. The minimum atomic E-state index is -0.742. The van der Waals surface area contributed by atoms with Gasteiger partial charge in [-0.1, -0.05) is 6.42 Å². The van der Waals surface area contributed by atoms with Gasteiger partial charge in [0.15, 0.2) is 0 Å².